The van der Waals surface area contributed by atoms with Crippen molar-refractivity contribution in [3.8, 4) is 0 Å². The van der Waals surface area contributed by atoms with Crippen molar-refractivity contribution < 1.29 is 4.57 Å². The number of rotatable bonds is 1. The molecule has 0 radical (unpaired) electrons. The van der Waals surface area contributed by atoms with Crippen LogP contribution in [-0.4, -0.2) is 0 Å². The fraction of sp³-hybridized carbons (Fsp3) is 0.429. The van der Waals surface area contributed by atoms with Gasteiger partial charge in [0, 0.05) is 0 Å². The van der Waals surface area contributed by atoms with E-state index in [1.54, 1.807) is 0 Å². The summed E-state index contributed by atoms with van der Waals surface area (Å²) in [5.41, 5.74) is 1.21. The highest BCUT2D eigenvalue weighted by Crippen LogP contribution is 2.43. The van der Waals surface area contributed by atoms with Gasteiger partial charge in [-0.05, 0) is 30.0 Å². The first-order valence-corrected chi connectivity index (χ1v) is 4.66. The van der Waals surface area contributed by atoms with Crippen LogP contribution in [0, 0.1) is 0 Å². The van der Waals surface area contributed by atoms with Gasteiger partial charge in [0.25, 0.3) is 0 Å². The highest BCUT2D eigenvalue weighted by Gasteiger charge is 2.09. The zero-order valence-corrected chi connectivity index (χ0v) is 6.77. The highest BCUT2D eigenvalue weighted by molar-refractivity contribution is 7.53. The highest BCUT2D eigenvalue weighted by atomic mass is 31.1. The average Bonchev–Trinajstić information content (AvgIpc) is 2.12. The van der Waals surface area contributed by atoms with Crippen LogP contribution >= 0.6 is 7.80 Å². The van der Waals surface area contributed by atoms with E-state index in [0.29, 0.717) is 0 Å². The molecule has 0 spiro atoms. The maximum Gasteiger partial charge on any atom is 0.121 e. The Bertz CT molecular complexity index is 201. The van der Waals surface area contributed by atoms with E-state index in [-0.39, 0.29) is 0 Å². The molecule has 2 heteroatoms. The molecule has 0 saturated carbocycles. The Labute approximate surface area is 56.2 Å². The van der Waals surface area contributed by atoms with Crippen molar-refractivity contribution in [2.75, 3.05) is 0 Å². The van der Waals surface area contributed by atoms with Gasteiger partial charge in [-0.2, -0.15) is 0 Å². The lowest BCUT2D eigenvalue weighted by molar-refractivity contribution is 0.595. The molecule has 0 aromatic carbocycles. The second-order valence-electron chi connectivity index (χ2n) is 2.21. The maximum atomic E-state index is 11.1. The third-order valence-corrected chi connectivity index (χ3v) is 3.42. The fourth-order valence-electron chi connectivity index (χ4n) is 1.05. The molecule has 1 rings (SSSR count). The SMILES string of the molecule is CCC1=C(C)C=C[PH]1=O. The van der Waals surface area contributed by atoms with E-state index < -0.39 is 7.80 Å². The third-order valence-electron chi connectivity index (χ3n) is 1.61. The standard InChI is InChI=1S/C7H11OP/c1-3-7-6(2)4-5-9(7)8/h4-5,9H,3H2,1-2H3. The molecule has 1 atom stereocenters. The molecule has 0 aliphatic carbocycles. The lowest BCUT2D eigenvalue weighted by Crippen LogP contribution is -1.70. The van der Waals surface area contributed by atoms with Crippen molar-refractivity contribution in [3.05, 3.63) is 22.8 Å². The van der Waals surface area contributed by atoms with Crippen molar-refractivity contribution >= 4 is 7.80 Å². The minimum Gasteiger partial charge on any atom is -0.318 e. The van der Waals surface area contributed by atoms with E-state index in [9.17, 15) is 4.57 Å². The van der Waals surface area contributed by atoms with Gasteiger partial charge in [-0.25, -0.2) is 0 Å². The maximum absolute atomic E-state index is 11.1. The van der Waals surface area contributed by atoms with Crippen LogP contribution in [0.3, 0.4) is 0 Å². The molecule has 0 bridgehead atoms. The Morgan fingerprint density at radius 3 is 2.56 bits per heavy atom. The molecule has 0 fully saturated rings. The van der Waals surface area contributed by atoms with Crippen LogP contribution in [0.2, 0.25) is 0 Å². The normalized spacial score (nSPS) is 25.8. The molecule has 0 aromatic rings. The van der Waals surface area contributed by atoms with Crippen LogP contribution in [0.25, 0.3) is 0 Å². The molecular formula is C7H11OP. The van der Waals surface area contributed by atoms with Gasteiger partial charge >= 0.3 is 0 Å². The summed E-state index contributed by atoms with van der Waals surface area (Å²) in [6.07, 6.45) is 2.90. The van der Waals surface area contributed by atoms with Crippen LogP contribution in [0.1, 0.15) is 20.3 Å². The summed E-state index contributed by atoms with van der Waals surface area (Å²) in [6, 6.07) is 0. The molecule has 0 aromatic heterocycles. The number of allylic oxidation sites excluding steroid dienone is 3. The van der Waals surface area contributed by atoms with Crippen molar-refractivity contribution in [2.24, 2.45) is 0 Å². The van der Waals surface area contributed by atoms with Crippen LogP contribution in [0.15, 0.2) is 22.8 Å². The van der Waals surface area contributed by atoms with E-state index in [1.807, 2.05) is 18.8 Å². The minimum atomic E-state index is -1.45. The van der Waals surface area contributed by atoms with Gasteiger partial charge in [-0.15, -0.1) is 0 Å². The van der Waals surface area contributed by atoms with Crippen LogP contribution in [-0.2, 0) is 4.57 Å². The molecule has 0 N–H and O–H groups in total. The van der Waals surface area contributed by atoms with Crippen LogP contribution in [0.5, 0.6) is 0 Å². The Hall–Kier alpha value is -0.290. The molecular weight excluding hydrogens is 131 g/mol. The lowest BCUT2D eigenvalue weighted by atomic mass is 10.2. The van der Waals surface area contributed by atoms with Gasteiger partial charge in [0.2, 0.25) is 0 Å². The predicted molar refractivity (Wildman–Crippen MR) is 41.1 cm³/mol. The van der Waals surface area contributed by atoms with Gasteiger partial charge < -0.3 is 4.57 Å². The summed E-state index contributed by atoms with van der Waals surface area (Å²) >= 11 is 0. The Morgan fingerprint density at radius 2 is 2.33 bits per heavy atom. The van der Waals surface area contributed by atoms with E-state index in [4.69, 9.17) is 0 Å². The van der Waals surface area contributed by atoms with Gasteiger partial charge in [-0.1, -0.05) is 13.0 Å². The molecule has 1 nitrogen and oxygen atoms in total. The Morgan fingerprint density at radius 1 is 1.67 bits per heavy atom. The van der Waals surface area contributed by atoms with E-state index in [2.05, 4.69) is 6.92 Å². The molecule has 0 amide bonds. The minimum absolute atomic E-state index is 0.941. The zero-order chi connectivity index (χ0) is 6.85. The largest absolute Gasteiger partial charge is 0.318 e. The second-order valence-corrected chi connectivity index (χ2v) is 3.88. The van der Waals surface area contributed by atoms with Crippen molar-refractivity contribution in [1.82, 2.24) is 0 Å². The van der Waals surface area contributed by atoms with Crippen molar-refractivity contribution in [3.63, 3.8) is 0 Å². The smallest absolute Gasteiger partial charge is 0.121 e. The summed E-state index contributed by atoms with van der Waals surface area (Å²) in [7, 11) is -1.45. The lowest BCUT2D eigenvalue weighted by Gasteiger charge is -1.95. The first-order chi connectivity index (χ1) is 4.25. The average molecular weight is 142 g/mol. The van der Waals surface area contributed by atoms with E-state index in [0.717, 1.165) is 11.7 Å². The fourth-order valence-corrected chi connectivity index (χ4v) is 2.47. The first kappa shape index (κ1) is 6.82. The Kier molecular flexibility index (Phi) is 1.92. The summed E-state index contributed by atoms with van der Waals surface area (Å²) in [5.74, 6) is 1.82. The molecule has 50 valence electrons. The van der Waals surface area contributed by atoms with Gasteiger partial charge in [0.05, 0.1) is 0 Å². The number of hydrogen-bond donors (Lipinski definition) is 0. The molecule has 1 unspecified atom stereocenters. The van der Waals surface area contributed by atoms with Gasteiger partial charge in [0.1, 0.15) is 7.80 Å². The van der Waals surface area contributed by atoms with Crippen molar-refractivity contribution in [1.29, 1.82) is 0 Å². The monoisotopic (exact) mass is 142 g/mol. The van der Waals surface area contributed by atoms with Crippen LogP contribution < -0.4 is 0 Å². The van der Waals surface area contributed by atoms with Gasteiger partial charge in [0.15, 0.2) is 0 Å². The third kappa shape index (κ3) is 1.16. The quantitative estimate of drug-likeness (QED) is 0.514. The summed E-state index contributed by atoms with van der Waals surface area (Å²) in [5, 5.41) is 1.15. The summed E-state index contributed by atoms with van der Waals surface area (Å²) in [4.78, 5) is 0. The number of hydrogen-bond acceptors (Lipinski definition) is 1. The zero-order valence-electron chi connectivity index (χ0n) is 5.77. The van der Waals surface area contributed by atoms with E-state index in [1.165, 1.54) is 5.57 Å². The van der Waals surface area contributed by atoms with Crippen LogP contribution in [0.4, 0.5) is 0 Å². The second kappa shape index (κ2) is 2.53. The van der Waals surface area contributed by atoms with E-state index >= 15 is 0 Å². The van der Waals surface area contributed by atoms with Gasteiger partial charge in [-0.3, -0.25) is 0 Å². The van der Waals surface area contributed by atoms with Crippen molar-refractivity contribution in [2.45, 2.75) is 20.3 Å². The molecule has 1 aliphatic rings. The Balaban J connectivity index is 2.92. The molecule has 1 heterocycles. The first-order valence-electron chi connectivity index (χ1n) is 3.18. The summed E-state index contributed by atoms with van der Waals surface area (Å²) < 4.78 is 11.1. The molecule has 1 aliphatic heterocycles. The predicted octanol–water partition coefficient (Wildman–Crippen LogP) is 2.76. The topological polar surface area (TPSA) is 17.1 Å². The molecule has 9 heavy (non-hydrogen) atoms. The summed E-state index contributed by atoms with van der Waals surface area (Å²) in [6.45, 7) is 4.07. The molecule has 0 saturated heterocycles.